The zero-order valence-electron chi connectivity index (χ0n) is 13.0. The van der Waals surface area contributed by atoms with E-state index in [0.29, 0.717) is 17.3 Å². The van der Waals surface area contributed by atoms with Gasteiger partial charge in [0.1, 0.15) is 5.82 Å². The fraction of sp³-hybridized carbons (Fsp3) is 0.294. The molecule has 1 heterocycles. The molecule has 0 radical (unpaired) electrons. The maximum absolute atomic E-state index is 12.3. The monoisotopic (exact) mass is 361 g/mol. The number of benzene rings is 1. The minimum Gasteiger partial charge on any atom is -0.370 e. The van der Waals surface area contributed by atoms with Gasteiger partial charge in [-0.05, 0) is 48.7 Å². The van der Waals surface area contributed by atoms with Crippen LogP contribution in [-0.2, 0) is 0 Å². The molecule has 0 aliphatic rings. The van der Waals surface area contributed by atoms with E-state index >= 15 is 0 Å². The molecule has 1 aromatic heterocycles. The van der Waals surface area contributed by atoms with E-state index in [2.05, 4.69) is 45.4 Å². The number of carbonyl (C=O) groups is 1. The van der Waals surface area contributed by atoms with E-state index in [1.807, 2.05) is 25.1 Å². The van der Waals surface area contributed by atoms with E-state index in [9.17, 15) is 4.79 Å². The number of pyridine rings is 1. The summed E-state index contributed by atoms with van der Waals surface area (Å²) in [5, 5.41) is 6.13. The lowest BCUT2D eigenvalue weighted by molar-refractivity contribution is 0.102. The van der Waals surface area contributed by atoms with Crippen LogP contribution in [0.4, 0.5) is 11.5 Å². The number of aryl methyl sites for hydroxylation is 1. The van der Waals surface area contributed by atoms with Crippen molar-refractivity contribution in [2.45, 2.75) is 20.8 Å². The third-order valence-electron chi connectivity index (χ3n) is 3.13. The van der Waals surface area contributed by atoms with Crippen LogP contribution in [0.25, 0.3) is 0 Å². The van der Waals surface area contributed by atoms with Crippen molar-refractivity contribution in [3.05, 3.63) is 52.1 Å². The number of anilines is 2. The minimum absolute atomic E-state index is 0.142. The molecule has 0 fully saturated rings. The second-order valence-electron chi connectivity index (χ2n) is 5.62. The molecule has 0 spiro atoms. The van der Waals surface area contributed by atoms with Crippen molar-refractivity contribution >= 4 is 33.3 Å². The molecule has 5 heteroatoms. The Morgan fingerprint density at radius 1 is 1.27 bits per heavy atom. The van der Waals surface area contributed by atoms with Gasteiger partial charge in [-0.25, -0.2) is 4.98 Å². The smallest absolute Gasteiger partial charge is 0.255 e. The first-order valence-electron chi connectivity index (χ1n) is 7.23. The van der Waals surface area contributed by atoms with Gasteiger partial charge in [0, 0.05) is 28.5 Å². The van der Waals surface area contributed by atoms with Crippen LogP contribution in [0.3, 0.4) is 0 Å². The van der Waals surface area contributed by atoms with Gasteiger partial charge in [-0.3, -0.25) is 4.79 Å². The Kier molecular flexibility index (Phi) is 5.55. The summed E-state index contributed by atoms with van der Waals surface area (Å²) >= 11 is 3.45. The molecule has 2 aromatic rings. The topological polar surface area (TPSA) is 54.0 Å². The fourth-order valence-corrected chi connectivity index (χ4v) is 2.15. The predicted molar refractivity (Wildman–Crippen MR) is 94.4 cm³/mol. The number of halogens is 1. The standard InChI is InChI=1S/C17H20BrN3O/c1-11(2)10-20-16-9-13(6-7-19-16)17(22)21-14-4-5-15(18)12(3)8-14/h4-9,11H,10H2,1-3H3,(H,19,20)(H,21,22). The molecule has 0 saturated carbocycles. The van der Waals surface area contributed by atoms with Crippen molar-refractivity contribution in [3.63, 3.8) is 0 Å². The molecule has 1 aromatic carbocycles. The van der Waals surface area contributed by atoms with Gasteiger partial charge >= 0.3 is 0 Å². The van der Waals surface area contributed by atoms with Crippen molar-refractivity contribution in [2.24, 2.45) is 5.92 Å². The molecular formula is C17H20BrN3O. The third kappa shape index (κ3) is 4.56. The van der Waals surface area contributed by atoms with Crippen molar-refractivity contribution in [2.75, 3.05) is 17.2 Å². The summed E-state index contributed by atoms with van der Waals surface area (Å²) in [6, 6.07) is 9.20. The molecular weight excluding hydrogens is 342 g/mol. The average Bonchev–Trinajstić information content (AvgIpc) is 2.49. The average molecular weight is 362 g/mol. The maximum Gasteiger partial charge on any atom is 0.255 e. The summed E-state index contributed by atoms with van der Waals surface area (Å²) in [6.45, 7) is 7.06. The molecule has 0 bridgehead atoms. The Morgan fingerprint density at radius 2 is 2.05 bits per heavy atom. The first-order valence-corrected chi connectivity index (χ1v) is 8.02. The Hall–Kier alpha value is -1.88. The zero-order chi connectivity index (χ0) is 16.1. The van der Waals surface area contributed by atoms with Crippen LogP contribution in [0.5, 0.6) is 0 Å². The summed E-state index contributed by atoms with van der Waals surface area (Å²) in [6.07, 6.45) is 1.64. The summed E-state index contributed by atoms with van der Waals surface area (Å²) in [4.78, 5) is 16.6. The zero-order valence-corrected chi connectivity index (χ0v) is 14.6. The molecule has 0 atom stereocenters. The van der Waals surface area contributed by atoms with Crippen LogP contribution in [0.15, 0.2) is 41.0 Å². The highest BCUT2D eigenvalue weighted by Crippen LogP contribution is 2.20. The molecule has 0 unspecified atom stereocenters. The molecule has 22 heavy (non-hydrogen) atoms. The molecule has 2 N–H and O–H groups in total. The SMILES string of the molecule is Cc1cc(NC(=O)c2ccnc(NCC(C)C)c2)ccc1Br. The van der Waals surface area contributed by atoms with Gasteiger partial charge in [0.25, 0.3) is 5.91 Å². The Balaban J connectivity index is 2.08. The lowest BCUT2D eigenvalue weighted by Gasteiger charge is -2.10. The Bertz CT molecular complexity index is 671. The summed E-state index contributed by atoms with van der Waals surface area (Å²) in [7, 11) is 0. The maximum atomic E-state index is 12.3. The predicted octanol–water partition coefficient (Wildman–Crippen LogP) is 4.47. The molecule has 0 aliphatic carbocycles. The van der Waals surface area contributed by atoms with Gasteiger partial charge in [-0.2, -0.15) is 0 Å². The van der Waals surface area contributed by atoms with Crippen molar-refractivity contribution in [1.82, 2.24) is 4.98 Å². The second-order valence-corrected chi connectivity index (χ2v) is 6.48. The summed E-state index contributed by atoms with van der Waals surface area (Å²) < 4.78 is 1.02. The number of aromatic nitrogens is 1. The molecule has 4 nitrogen and oxygen atoms in total. The molecule has 0 aliphatic heterocycles. The number of hydrogen-bond acceptors (Lipinski definition) is 3. The minimum atomic E-state index is -0.142. The van der Waals surface area contributed by atoms with E-state index in [1.54, 1.807) is 18.3 Å². The lowest BCUT2D eigenvalue weighted by Crippen LogP contribution is -2.14. The largest absolute Gasteiger partial charge is 0.370 e. The summed E-state index contributed by atoms with van der Waals surface area (Å²) in [5.41, 5.74) is 2.44. The number of rotatable bonds is 5. The van der Waals surface area contributed by atoms with Gasteiger partial charge in [-0.1, -0.05) is 29.8 Å². The van der Waals surface area contributed by atoms with Gasteiger partial charge in [0.2, 0.25) is 0 Å². The first-order chi connectivity index (χ1) is 10.5. The highest BCUT2D eigenvalue weighted by atomic mass is 79.9. The number of carbonyl (C=O) groups excluding carboxylic acids is 1. The Morgan fingerprint density at radius 3 is 2.73 bits per heavy atom. The van der Waals surface area contributed by atoms with E-state index in [-0.39, 0.29) is 5.91 Å². The van der Waals surface area contributed by atoms with Crippen molar-refractivity contribution < 1.29 is 4.79 Å². The number of nitrogens with zero attached hydrogens (tertiary/aromatic N) is 1. The fourth-order valence-electron chi connectivity index (χ4n) is 1.90. The molecule has 1 amide bonds. The lowest BCUT2D eigenvalue weighted by atomic mass is 10.2. The second kappa shape index (κ2) is 7.40. The first kappa shape index (κ1) is 16.5. The van der Waals surface area contributed by atoms with Crippen LogP contribution >= 0.6 is 15.9 Å². The normalized spacial score (nSPS) is 10.6. The molecule has 2 rings (SSSR count). The number of nitrogens with one attached hydrogen (secondary N) is 2. The van der Waals surface area contributed by atoms with Gasteiger partial charge in [-0.15, -0.1) is 0 Å². The number of amides is 1. The van der Waals surface area contributed by atoms with Gasteiger partial charge in [0.05, 0.1) is 0 Å². The van der Waals surface area contributed by atoms with E-state index in [0.717, 1.165) is 22.3 Å². The van der Waals surface area contributed by atoms with Gasteiger partial charge in [0.15, 0.2) is 0 Å². The summed E-state index contributed by atoms with van der Waals surface area (Å²) in [5.74, 6) is 1.09. The van der Waals surface area contributed by atoms with E-state index in [4.69, 9.17) is 0 Å². The van der Waals surface area contributed by atoms with E-state index in [1.165, 1.54) is 0 Å². The van der Waals surface area contributed by atoms with Crippen LogP contribution in [0.1, 0.15) is 29.8 Å². The van der Waals surface area contributed by atoms with Crippen molar-refractivity contribution in [3.8, 4) is 0 Å². The van der Waals surface area contributed by atoms with Crippen LogP contribution in [0, 0.1) is 12.8 Å². The molecule has 0 saturated heterocycles. The third-order valence-corrected chi connectivity index (χ3v) is 4.02. The molecule has 116 valence electrons. The Labute approximate surface area is 139 Å². The van der Waals surface area contributed by atoms with Crippen LogP contribution < -0.4 is 10.6 Å². The van der Waals surface area contributed by atoms with Crippen LogP contribution in [0.2, 0.25) is 0 Å². The van der Waals surface area contributed by atoms with E-state index < -0.39 is 0 Å². The quantitative estimate of drug-likeness (QED) is 0.825. The number of hydrogen-bond donors (Lipinski definition) is 2. The highest BCUT2D eigenvalue weighted by Gasteiger charge is 2.08. The van der Waals surface area contributed by atoms with Gasteiger partial charge < -0.3 is 10.6 Å². The van der Waals surface area contributed by atoms with Crippen molar-refractivity contribution in [1.29, 1.82) is 0 Å². The van der Waals surface area contributed by atoms with Crippen LogP contribution in [-0.4, -0.2) is 17.4 Å². The highest BCUT2D eigenvalue weighted by molar-refractivity contribution is 9.10.